The highest BCUT2D eigenvalue weighted by Gasteiger charge is 2.04. The van der Waals surface area contributed by atoms with Gasteiger partial charge in [0.25, 0.3) is 5.56 Å². The lowest BCUT2D eigenvalue weighted by atomic mass is 10.3. The van der Waals surface area contributed by atoms with Gasteiger partial charge in [-0.15, -0.1) is 0 Å². The summed E-state index contributed by atoms with van der Waals surface area (Å²) in [6, 6.07) is 1.70. The van der Waals surface area contributed by atoms with E-state index < -0.39 is 0 Å². The third kappa shape index (κ3) is 2.73. The Morgan fingerprint density at radius 1 is 1.41 bits per heavy atom. The number of nitrogens with zero attached hydrogens (tertiary/aromatic N) is 3. The monoisotopic (exact) mass is 231 g/mol. The molecule has 2 rings (SSSR count). The molecule has 17 heavy (non-hydrogen) atoms. The first-order chi connectivity index (χ1) is 8.31. The van der Waals surface area contributed by atoms with Crippen molar-refractivity contribution < 1.29 is 0 Å². The van der Waals surface area contributed by atoms with Crippen LogP contribution in [0.1, 0.15) is 12.5 Å². The van der Waals surface area contributed by atoms with E-state index in [-0.39, 0.29) is 5.56 Å². The average molecular weight is 231 g/mol. The molecule has 0 aliphatic heterocycles. The summed E-state index contributed by atoms with van der Waals surface area (Å²) in [5.41, 5.74) is 1.08. The number of rotatable bonds is 4. The highest BCUT2D eigenvalue weighted by atomic mass is 16.1. The number of aromatic nitrogens is 4. The second kappa shape index (κ2) is 5.31. The van der Waals surface area contributed by atoms with Crippen LogP contribution < -0.4 is 10.9 Å². The van der Waals surface area contributed by atoms with E-state index in [1.807, 2.05) is 6.92 Å². The minimum atomic E-state index is -0.144. The molecule has 0 radical (unpaired) electrons. The van der Waals surface area contributed by atoms with E-state index >= 15 is 0 Å². The number of hydrogen-bond donors (Lipinski definition) is 2. The fraction of sp³-hybridized carbons (Fsp3) is 0.273. The van der Waals surface area contributed by atoms with Gasteiger partial charge in [0.15, 0.2) is 5.82 Å². The quantitative estimate of drug-likeness (QED) is 0.792. The molecule has 0 amide bonds. The standard InChI is InChI=1S/C11H13N5O/c1-2-12-5-8-6-14-10(16-11(8)17)9-3-4-13-7-15-9/h3-4,6-7,12H,2,5H2,1H3,(H,14,16,17). The van der Waals surface area contributed by atoms with Crippen LogP contribution in [0.2, 0.25) is 0 Å². The Balaban J connectivity index is 2.28. The predicted molar refractivity (Wildman–Crippen MR) is 63.3 cm³/mol. The van der Waals surface area contributed by atoms with Crippen molar-refractivity contribution in [3.8, 4) is 11.5 Å². The van der Waals surface area contributed by atoms with Crippen LogP contribution in [0, 0.1) is 0 Å². The van der Waals surface area contributed by atoms with Gasteiger partial charge in [-0.3, -0.25) is 4.79 Å². The van der Waals surface area contributed by atoms with Gasteiger partial charge in [0.2, 0.25) is 0 Å². The molecule has 6 nitrogen and oxygen atoms in total. The molecule has 0 bridgehead atoms. The van der Waals surface area contributed by atoms with Gasteiger partial charge in [0, 0.05) is 24.5 Å². The minimum Gasteiger partial charge on any atom is -0.313 e. The molecule has 0 unspecified atom stereocenters. The lowest BCUT2D eigenvalue weighted by Crippen LogP contribution is -2.21. The first kappa shape index (κ1) is 11.4. The van der Waals surface area contributed by atoms with Crippen molar-refractivity contribution in [2.75, 3.05) is 6.54 Å². The second-order valence-electron chi connectivity index (χ2n) is 3.46. The molecule has 0 spiro atoms. The van der Waals surface area contributed by atoms with Crippen LogP contribution in [-0.4, -0.2) is 26.5 Å². The number of H-pyrrole nitrogens is 1. The largest absolute Gasteiger partial charge is 0.313 e. The van der Waals surface area contributed by atoms with E-state index in [2.05, 4.69) is 25.3 Å². The van der Waals surface area contributed by atoms with Crippen molar-refractivity contribution in [1.82, 2.24) is 25.3 Å². The first-order valence-electron chi connectivity index (χ1n) is 5.36. The zero-order chi connectivity index (χ0) is 12.1. The Bertz CT molecular complexity index is 537. The van der Waals surface area contributed by atoms with E-state index in [1.165, 1.54) is 6.33 Å². The van der Waals surface area contributed by atoms with Crippen molar-refractivity contribution in [2.24, 2.45) is 0 Å². The highest BCUT2D eigenvalue weighted by Crippen LogP contribution is 2.06. The van der Waals surface area contributed by atoms with Crippen molar-refractivity contribution >= 4 is 0 Å². The smallest absolute Gasteiger partial charge is 0.255 e. The summed E-state index contributed by atoms with van der Waals surface area (Å²) in [6.45, 7) is 3.31. The summed E-state index contributed by atoms with van der Waals surface area (Å²) >= 11 is 0. The fourth-order valence-corrected chi connectivity index (χ4v) is 1.37. The van der Waals surface area contributed by atoms with Gasteiger partial charge >= 0.3 is 0 Å². The molecule has 88 valence electrons. The van der Waals surface area contributed by atoms with Crippen molar-refractivity contribution in [2.45, 2.75) is 13.5 Å². The Morgan fingerprint density at radius 3 is 2.94 bits per heavy atom. The van der Waals surface area contributed by atoms with Gasteiger partial charge in [-0.05, 0) is 12.6 Å². The molecular weight excluding hydrogens is 218 g/mol. The SMILES string of the molecule is CCNCc1cnc(-c2ccncn2)[nH]c1=O. The molecule has 0 fully saturated rings. The molecule has 0 saturated carbocycles. The highest BCUT2D eigenvalue weighted by molar-refractivity contribution is 5.46. The Hall–Kier alpha value is -2.08. The van der Waals surface area contributed by atoms with Gasteiger partial charge in [-0.25, -0.2) is 15.0 Å². The third-order valence-corrected chi connectivity index (χ3v) is 2.26. The van der Waals surface area contributed by atoms with Crippen LogP contribution in [0.4, 0.5) is 0 Å². The maximum atomic E-state index is 11.7. The van der Waals surface area contributed by atoms with Crippen LogP contribution in [0.3, 0.4) is 0 Å². The van der Waals surface area contributed by atoms with Gasteiger partial charge in [-0.2, -0.15) is 0 Å². The van der Waals surface area contributed by atoms with E-state index in [9.17, 15) is 4.79 Å². The van der Waals surface area contributed by atoms with Crippen molar-refractivity contribution in [3.63, 3.8) is 0 Å². The number of hydrogen-bond acceptors (Lipinski definition) is 5. The zero-order valence-electron chi connectivity index (χ0n) is 9.47. The molecular formula is C11H13N5O. The summed E-state index contributed by atoms with van der Waals surface area (Å²) in [4.78, 5) is 26.5. The normalized spacial score (nSPS) is 10.4. The molecule has 2 aromatic heterocycles. The number of nitrogens with one attached hydrogen (secondary N) is 2. The molecule has 0 aliphatic rings. The van der Waals surface area contributed by atoms with E-state index in [0.717, 1.165) is 6.54 Å². The maximum absolute atomic E-state index is 11.7. The summed E-state index contributed by atoms with van der Waals surface area (Å²) < 4.78 is 0. The second-order valence-corrected chi connectivity index (χ2v) is 3.46. The summed E-state index contributed by atoms with van der Waals surface area (Å²) in [5.74, 6) is 0.456. The minimum absolute atomic E-state index is 0.144. The van der Waals surface area contributed by atoms with Crippen LogP contribution in [0.5, 0.6) is 0 Å². The van der Waals surface area contributed by atoms with Crippen molar-refractivity contribution in [1.29, 1.82) is 0 Å². The molecule has 0 aliphatic carbocycles. The summed E-state index contributed by atoms with van der Waals surface area (Å²) in [6.07, 6.45) is 4.59. The van der Waals surface area contributed by atoms with E-state index in [4.69, 9.17) is 0 Å². The first-order valence-corrected chi connectivity index (χ1v) is 5.36. The Morgan fingerprint density at radius 2 is 2.29 bits per heavy atom. The fourth-order valence-electron chi connectivity index (χ4n) is 1.37. The van der Waals surface area contributed by atoms with Crippen LogP contribution in [0.25, 0.3) is 11.5 Å². The van der Waals surface area contributed by atoms with E-state index in [1.54, 1.807) is 18.5 Å². The van der Waals surface area contributed by atoms with Gasteiger partial charge < -0.3 is 10.3 Å². The maximum Gasteiger partial charge on any atom is 0.255 e. The van der Waals surface area contributed by atoms with Gasteiger partial charge in [0.1, 0.15) is 12.0 Å². The topological polar surface area (TPSA) is 83.6 Å². The molecule has 2 aromatic rings. The third-order valence-electron chi connectivity index (χ3n) is 2.26. The average Bonchev–Trinajstić information content (AvgIpc) is 2.38. The molecule has 0 atom stereocenters. The molecule has 0 saturated heterocycles. The molecule has 2 heterocycles. The zero-order valence-corrected chi connectivity index (χ0v) is 9.47. The number of aromatic amines is 1. The van der Waals surface area contributed by atoms with Crippen LogP contribution >= 0.6 is 0 Å². The van der Waals surface area contributed by atoms with Crippen LogP contribution in [-0.2, 0) is 6.54 Å². The van der Waals surface area contributed by atoms with Gasteiger partial charge in [0.05, 0.1) is 0 Å². The van der Waals surface area contributed by atoms with Crippen LogP contribution in [0.15, 0.2) is 29.6 Å². The summed E-state index contributed by atoms with van der Waals surface area (Å²) in [7, 11) is 0. The lowest BCUT2D eigenvalue weighted by Gasteiger charge is -2.02. The van der Waals surface area contributed by atoms with Gasteiger partial charge in [-0.1, -0.05) is 6.92 Å². The Labute approximate surface area is 98.2 Å². The molecule has 2 N–H and O–H groups in total. The predicted octanol–water partition coefficient (Wildman–Crippen LogP) is 0.336. The molecule has 0 aromatic carbocycles. The van der Waals surface area contributed by atoms with Crippen molar-refractivity contribution in [3.05, 3.63) is 40.7 Å². The summed E-state index contributed by atoms with van der Waals surface area (Å²) in [5, 5.41) is 3.08. The molecule has 6 heteroatoms. The van der Waals surface area contributed by atoms with E-state index in [0.29, 0.717) is 23.6 Å². The Kier molecular flexibility index (Phi) is 3.56. The lowest BCUT2D eigenvalue weighted by molar-refractivity contribution is 0.716.